The van der Waals surface area contributed by atoms with Crippen molar-refractivity contribution in [2.45, 2.75) is 12.5 Å². The molecular weight excluding hydrogens is 168 g/mol. The van der Waals surface area contributed by atoms with Crippen LogP contribution in [0.4, 0.5) is 0 Å². The SMILES string of the molecule is CC#C[C@@]1(O)C=CC=C[C@H]1C(=O)O. The van der Waals surface area contributed by atoms with E-state index in [0.29, 0.717) is 0 Å². The topological polar surface area (TPSA) is 57.5 Å². The van der Waals surface area contributed by atoms with Crippen molar-refractivity contribution in [3.05, 3.63) is 24.3 Å². The zero-order valence-electron chi connectivity index (χ0n) is 7.19. The van der Waals surface area contributed by atoms with Crippen molar-refractivity contribution >= 4 is 5.97 Å². The van der Waals surface area contributed by atoms with E-state index in [4.69, 9.17) is 5.11 Å². The third-order valence-electron chi connectivity index (χ3n) is 1.83. The van der Waals surface area contributed by atoms with Crippen LogP contribution in [0.2, 0.25) is 0 Å². The molecule has 0 aliphatic heterocycles. The number of aliphatic carboxylic acids is 1. The minimum absolute atomic E-state index is 0.982. The number of aliphatic hydroxyl groups is 1. The molecular formula is C10H10O3. The summed E-state index contributed by atoms with van der Waals surface area (Å²) >= 11 is 0. The lowest BCUT2D eigenvalue weighted by Gasteiger charge is -2.25. The summed E-state index contributed by atoms with van der Waals surface area (Å²) < 4.78 is 0. The molecule has 0 fully saturated rings. The van der Waals surface area contributed by atoms with Crippen LogP contribution < -0.4 is 0 Å². The van der Waals surface area contributed by atoms with Gasteiger partial charge in [-0.25, -0.2) is 0 Å². The van der Waals surface area contributed by atoms with Gasteiger partial charge in [0.25, 0.3) is 0 Å². The van der Waals surface area contributed by atoms with Gasteiger partial charge in [0.15, 0.2) is 5.60 Å². The molecule has 0 heterocycles. The van der Waals surface area contributed by atoms with Crippen LogP contribution in [0.3, 0.4) is 0 Å². The van der Waals surface area contributed by atoms with E-state index in [9.17, 15) is 9.90 Å². The van der Waals surface area contributed by atoms with Crippen molar-refractivity contribution < 1.29 is 15.0 Å². The number of hydrogen-bond donors (Lipinski definition) is 2. The van der Waals surface area contributed by atoms with Gasteiger partial charge in [0.1, 0.15) is 5.92 Å². The number of carboxylic acid groups (broad SMARTS) is 1. The molecule has 68 valence electrons. The lowest BCUT2D eigenvalue weighted by Crippen LogP contribution is -2.39. The fourth-order valence-electron chi connectivity index (χ4n) is 1.22. The van der Waals surface area contributed by atoms with Gasteiger partial charge in [-0.2, -0.15) is 0 Å². The second kappa shape index (κ2) is 3.46. The van der Waals surface area contributed by atoms with Gasteiger partial charge in [-0.3, -0.25) is 4.79 Å². The molecule has 0 aromatic heterocycles. The Kier molecular flexibility index (Phi) is 2.54. The van der Waals surface area contributed by atoms with Crippen LogP contribution in [-0.4, -0.2) is 21.8 Å². The summed E-state index contributed by atoms with van der Waals surface area (Å²) in [5.41, 5.74) is -1.56. The second-order valence-electron chi connectivity index (χ2n) is 2.76. The Hall–Kier alpha value is -1.53. The molecule has 1 aliphatic carbocycles. The van der Waals surface area contributed by atoms with Crippen LogP contribution in [0.25, 0.3) is 0 Å². The lowest BCUT2D eigenvalue weighted by molar-refractivity contribution is -0.144. The highest BCUT2D eigenvalue weighted by molar-refractivity contribution is 5.76. The van der Waals surface area contributed by atoms with E-state index >= 15 is 0 Å². The summed E-state index contributed by atoms with van der Waals surface area (Å²) in [6, 6.07) is 0. The average molecular weight is 178 g/mol. The van der Waals surface area contributed by atoms with Crippen LogP contribution in [0.15, 0.2) is 24.3 Å². The Balaban J connectivity index is 3.05. The zero-order chi connectivity index (χ0) is 9.90. The predicted molar refractivity (Wildman–Crippen MR) is 47.8 cm³/mol. The van der Waals surface area contributed by atoms with Crippen LogP contribution in [0.1, 0.15) is 6.92 Å². The van der Waals surface area contributed by atoms with Crippen molar-refractivity contribution in [3.63, 3.8) is 0 Å². The average Bonchev–Trinajstić information content (AvgIpc) is 2.04. The highest BCUT2D eigenvalue weighted by Crippen LogP contribution is 2.24. The minimum Gasteiger partial charge on any atom is -0.481 e. The first-order valence-corrected chi connectivity index (χ1v) is 3.85. The van der Waals surface area contributed by atoms with E-state index < -0.39 is 17.5 Å². The largest absolute Gasteiger partial charge is 0.481 e. The summed E-state index contributed by atoms with van der Waals surface area (Å²) in [6.45, 7) is 1.56. The molecule has 0 aromatic rings. The normalized spacial score (nSPS) is 30.8. The lowest BCUT2D eigenvalue weighted by atomic mass is 9.84. The minimum atomic E-state index is -1.56. The number of rotatable bonds is 1. The molecule has 0 spiro atoms. The molecule has 0 saturated heterocycles. The maximum Gasteiger partial charge on any atom is 0.314 e. The number of hydrogen-bond acceptors (Lipinski definition) is 2. The Morgan fingerprint density at radius 3 is 2.77 bits per heavy atom. The summed E-state index contributed by atoms with van der Waals surface area (Å²) in [7, 11) is 0. The van der Waals surface area contributed by atoms with Crippen molar-refractivity contribution in [2.75, 3.05) is 0 Å². The van der Waals surface area contributed by atoms with Gasteiger partial charge < -0.3 is 10.2 Å². The van der Waals surface area contributed by atoms with E-state index in [1.165, 1.54) is 12.2 Å². The van der Waals surface area contributed by atoms with E-state index in [-0.39, 0.29) is 0 Å². The number of carbonyl (C=O) groups is 1. The van der Waals surface area contributed by atoms with Crippen molar-refractivity contribution in [3.8, 4) is 11.8 Å². The molecule has 2 atom stereocenters. The van der Waals surface area contributed by atoms with Gasteiger partial charge in [0.05, 0.1) is 0 Å². The van der Waals surface area contributed by atoms with E-state index in [1.54, 1.807) is 19.1 Å². The Labute approximate surface area is 76.4 Å². The smallest absolute Gasteiger partial charge is 0.314 e. The Morgan fingerprint density at radius 2 is 2.23 bits per heavy atom. The first-order chi connectivity index (χ1) is 6.10. The molecule has 0 amide bonds. The number of carboxylic acids is 1. The monoisotopic (exact) mass is 178 g/mol. The van der Waals surface area contributed by atoms with Crippen LogP contribution >= 0.6 is 0 Å². The Bertz CT molecular complexity index is 330. The van der Waals surface area contributed by atoms with Gasteiger partial charge in [-0.05, 0) is 13.0 Å². The Morgan fingerprint density at radius 1 is 1.54 bits per heavy atom. The summed E-state index contributed by atoms with van der Waals surface area (Å²) in [6.07, 6.45) is 5.99. The van der Waals surface area contributed by atoms with Gasteiger partial charge >= 0.3 is 5.97 Å². The molecule has 2 N–H and O–H groups in total. The zero-order valence-corrected chi connectivity index (χ0v) is 7.19. The van der Waals surface area contributed by atoms with Gasteiger partial charge in [0, 0.05) is 0 Å². The third kappa shape index (κ3) is 1.79. The first kappa shape index (κ1) is 9.56. The van der Waals surface area contributed by atoms with Crippen LogP contribution in [0.5, 0.6) is 0 Å². The maximum absolute atomic E-state index is 10.7. The molecule has 0 radical (unpaired) electrons. The van der Waals surface area contributed by atoms with Crippen LogP contribution in [0, 0.1) is 17.8 Å². The quantitative estimate of drug-likeness (QED) is 0.577. The molecule has 13 heavy (non-hydrogen) atoms. The van der Waals surface area contributed by atoms with Gasteiger partial charge in [0.2, 0.25) is 0 Å². The van der Waals surface area contributed by atoms with Crippen molar-refractivity contribution in [1.82, 2.24) is 0 Å². The molecule has 0 bridgehead atoms. The molecule has 1 rings (SSSR count). The van der Waals surface area contributed by atoms with Gasteiger partial charge in [-0.1, -0.05) is 24.1 Å². The third-order valence-corrected chi connectivity index (χ3v) is 1.83. The van der Waals surface area contributed by atoms with E-state index in [1.807, 2.05) is 0 Å². The molecule has 0 saturated carbocycles. The summed E-state index contributed by atoms with van der Waals surface area (Å²) in [4.78, 5) is 10.7. The molecule has 1 aliphatic rings. The van der Waals surface area contributed by atoms with Crippen molar-refractivity contribution in [1.29, 1.82) is 0 Å². The highest BCUT2D eigenvalue weighted by Gasteiger charge is 2.37. The summed E-state index contributed by atoms with van der Waals surface area (Å²) in [5, 5.41) is 18.6. The fraction of sp³-hybridized carbons (Fsp3) is 0.300. The molecule has 3 nitrogen and oxygen atoms in total. The van der Waals surface area contributed by atoms with Crippen LogP contribution in [-0.2, 0) is 4.79 Å². The highest BCUT2D eigenvalue weighted by atomic mass is 16.4. The van der Waals surface area contributed by atoms with Gasteiger partial charge in [-0.15, -0.1) is 5.92 Å². The first-order valence-electron chi connectivity index (χ1n) is 3.85. The fourth-order valence-corrected chi connectivity index (χ4v) is 1.22. The maximum atomic E-state index is 10.7. The predicted octanol–water partition coefficient (Wildman–Crippen LogP) is 0.568. The second-order valence-corrected chi connectivity index (χ2v) is 2.76. The standard InChI is InChI=1S/C10H10O3/c1-2-6-10(13)7-4-3-5-8(10)9(11)12/h3-5,7-8,13H,1H3,(H,11,12)/t8-,10+/m0/s1. The summed E-state index contributed by atoms with van der Waals surface area (Å²) in [5.74, 6) is 2.93. The number of allylic oxidation sites excluding steroid dienone is 2. The van der Waals surface area contributed by atoms with Crippen molar-refractivity contribution in [2.24, 2.45) is 5.92 Å². The molecule has 0 aromatic carbocycles. The van der Waals surface area contributed by atoms with E-state index in [2.05, 4.69) is 11.8 Å². The molecule has 3 heteroatoms. The molecule has 0 unspecified atom stereocenters. The van der Waals surface area contributed by atoms with E-state index in [0.717, 1.165) is 0 Å².